The van der Waals surface area contributed by atoms with Gasteiger partial charge in [0.1, 0.15) is 42.0 Å². The molecule has 0 unspecified atom stereocenters. The van der Waals surface area contributed by atoms with Crippen LogP contribution in [0.3, 0.4) is 0 Å². The molecule has 6 aromatic rings. The second kappa shape index (κ2) is 28.8. The molecule has 6 rings (SSSR count). The van der Waals surface area contributed by atoms with Crippen molar-refractivity contribution in [3.8, 4) is 28.7 Å². The lowest BCUT2D eigenvalue weighted by atomic mass is 9.82. The van der Waals surface area contributed by atoms with Crippen molar-refractivity contribution in [1.82, 2.24) is 13.7 Å². The molecule has 0 aliphatic rings. The summed E-state index contributed by atoms with van der Waals surface area (Å²) in [7, 11) is 0. The highest BCUT2D eigenvalue weighted by Crippen LogP contribution is 2.41. The van der Waals surface area contributed by atoms with Crippen LogP contribution in [0.2, 0.25) is 0 Å². The van der Waals surface area contributed by atoms with Crippen molar-refractivity contribution in [3.63, 3.8) is 0 Å². The van der Waals surface area contributed by atoms with Crippen LogP contribution in [0.5, 0.6) is 28.7 Å². The second-order valence-corrected chi connectivity index (χ2v) is 31.0. The van der Waals surface area contributed by atoms with Gasteiger partial charge in [-0.15, -0.1) is 0 Å². The Bertz CT molecular complexity index is 3540. The number of ether oxygens (including phenoxy) is 2. The molecule has 0 saturated heterocycles. The monoisotopic (exact) mass is 1270 g/mol. The highest BCUT2D eigenvalue weighted by Gasteiger charge is 2.30. The zero-order valence-electron chi connectivity index (χ0n) is 58.6. The van der Waals surface area contributed by atoms with Crippen LogP contribution < -0.4 is 17.1 Å². The maximum Gasteiger partial charge on any atom is 0.336 e. The lowest BCUT2D eigenvalue weighted by Gasteiger charge is -2.26. The number of carbonyl (C=O) groups excluding carboxylic acids is 2. The van der Waals surface area contributed by atoms with Crippen LogP contribution in [-0.2, 0) is 79.0 Å². The largest absolute Gasteiger partial charge is 0.507 e. The summed E-state index contributed by atoms with van der Waals surface area (Å²) in [4.78, 5) is 67.7. The number of aromatic nitrogens is 3. The third-order valence-electron chi connectivity index (χ3n) is 17.5. The van der Waals surface area contributed by atoms with Gasteiger partial charge in [0.25, 0.3) is 0 Å². The molecule has 0 atom stereocenters. The molecule has 16 heteroatoms. The Balaban J connectivity index is 0.000000398. The normalized spacial score (nSPS) is 12.1. The summed E-state index contributed by atoms with van der Waals surface area (Å²) in [5.74, 6) is 1.28. The van der Waals surface area contributed by atoms with E-state index in [0.29, 0.717) is 44.9 Å². The zero-order valence-corrected chi connectivity index (χ0v) is 59.4. The maximum absolute atomic E-state index is 14.4. The molecule has 0 spiro atoms. The molecule has 91 heavy (non-hydrogen) atoms. The van der Waals surface area contributed by atoms with Crippen LogP contribution in [0.15, 0.2) is 44.7 Å². The van der Waals surface area contributed by atoms with Crippen molar-refractivity contribution in [2.24, 2.45) is 0 Å². The van der Waals surface area contributed by atoms with Gasteiger partial charge in [-0.25, -0.2) is 28.1 Å². The van der Waals surface area contributed by atoms with Gasteiger partial charge >= 0.3 is 29.0 Å². The van der Waals surface area contributed by atoms with Gasteiger partial charge in [-0.3, -0.25) is 9.59 Å². The summed E-state index contributed by atoms with van der Waals surface area (Å²) in [5, 5.41) is 55.1. The van der Waals surface area contributed by atoms with Gasteiger partial charge < -0.3 is 35.0 Å². The minimum atomic E-state index is -0.794. The number of thioether (sulfide) groups is 1. The van der Waals surface area contributed by atoms with Gasteiger partial charge in [-0.05, 0) is 208 Å². The van der Waals surface area contributed by atoms with E-state index in [2.05, 4.69) is 41.5 Å². The van der Waals surface area contributed by atoms with E-state index in [1.807, 2.05) is 141 Å². The third kappa shape index (κ3) is 17.3. The van der Waals surface area contributed by atoms with Crippen LogP contribution in [0.25, 0.3) is 0 Å². The molecule has 0 radical (unpaired) electrons. The number of rotatable bonds is 16. The number of esters is 2. The number of aromatic hydroxyl groups is 5. The maximum atomic E-state index is 14.4. The first-order valence-corrected chi connectivity index (χ1v) is 32.3. The molecule has 0 amide bonds. The van der Waals surface area contributed by atoms with Crippen molar-refractivity contribution in [2.45, 2.75) is 253 Å². The van der Waals surface area contributed by atoms with Gasteiger partial charge in [0.2, 0.25) is 0 Å². The van der Waals surface area contributed by atoms with Crippen LogP contribution in [0.1, 0.15) is 235 Å². The van der Waals surface area contributed by atoms with Gasteiger partial charge in [0, 0.05) is 11.5 Å². The number of nitrogens with zero attached hydrogens (tertiary/aromatic N) is 3. The molecule has 1 heterocycles. The van der Waals surface area contributed by atoms with E-state index < -0.39 is 17.1 Å². The number of phenols is 5. The van der Waals surface area contributed by atoms with Crippen LogP contribution in [0, 0.1) is 69.2 Å². The highest BCUT2D eigenvalue weighted by molar-refractivity contribution is 7.99. The van der Waals surface area contributed by atoms with Gasteiger partial charge in [0.05, 0.1) is 32.5 Å². The first-order valence-electron chi connectivity index (χ1n) is 31.1. The van der Waals surface area contributed by atoms with Crippen molar-refractivity contribution in [3.05, 3.63) is 173 Å². The Morgan fingerprint density at radius 2 is 0.549 bits per heavy atom. The molecule has 15 nitrogen and oxygen atoms in total. The predicted octanol–water partition coefficient (Wildman–Crippen LogP) is 15.0. The van der Waals surface area contributed by atoms with Gasteiger partial charge in [-0.2, -0.15) is 11.8 Å². The molecule has 500 valence electrons. The Kier molecular flexibility index (Phi) is 24.1. The fourth-order valence-electron chi connectivity index (χ4n) is 11.5. The lowest BCUT2D eigenvalue weighted by Crippen LogP contribution is -2.55. The summed E-state index contributed by atoms with van der Waals surface area (Å²) >= 11 is 1.50. The second-order valence-electron chi connectivity index (χ2n) is 29.8. The standard InChI is InChI=1S/C42H57N3O6.C32H46O6S.CH4/c1-22-16-31(40(7,8)9)34(46)25(4)28(22)19-43-37(49)44(20-29-23(2)17-32(41(10,11)12)35(47)26(29)5)39(51)45(38(43)50)21-30-24(3)18-33(42(13,14)15)36(48)27(30)6;1-19-15-25(31(5,6)7)29(35)21(3)23(19)17-37-27(33)11-13-39-14-12-28(34)38-18-24-20(2)16-26(32(8,9)10)30(36)22(24)4;/h16-18,46-48H,19-21H2,1-15H3;15-16,35-36H,11-14,17-18H2,1-10H3;1H4. The summed E-state index contributed by atoms with van der Waals surface area (Å²) in [6.45, 7) is 48.7. The van der Waals surface area contributed by atoms with E-state index in [1.54, 1.807) is 20.8 Å². The highest BCUT2D eigenvalue weighted by atomic mass is 32.2. The lowest BCUT2D eigenvalue weighted by molar-refractivity contribution is -0.145. The Hall–Kier alpha value is -7.20. The summed E-state index contributed by atoms with van der Waals surface area (Å²) in [5.41, 5.74) is 11.2. The van der Waals surface area contributed by atoms with Crippen molar-refractivity contribution in [2.75, 3.05) is 11.5 Å². The van der Waals surface area contributed by atoms with Crippen LogP contribution >= 0.6 is 11.8 Å². The summed E-state index contributed by atoms with van der Waals surface area (Å²) in [6.07, 6.45) is 0.476. The SMILES string of the molecule is C.Cc1cc(C(C)(C)C)c(O)c(C)c1COC(=O)CCSCCC(=O)OCc1c(C)cc(C(C)(C)C)c(O)c1C.Cc1cc(C(C)(C)C)c(O)c(C)c1Cn1c(=O)n(Cc2c(C)cc(C(C)(C)C)c(O)c2C)c(=O)n(Cc2c(C)cc(C(C)(C)C)c(O)c2C)c1=O. The van der Waals surface area contributed by atoms with E-state index in [-0.39, 0.29) is 121 Å². The molecule has 0 fully saturated rings. The fourth-order valence-corrected chi connectivity index (χ4v) is 12.3. The van der Waals surface area contributed by atoms with E-state index in [4.69, 9.17) is 9.47 Å². The van der Waals surface area contributed by atoms with E-state index in [1.165, 1.54) is 11.8 Å². The minimum Gasteiger partial charge on any atom is -0.507 e. The molecule has 5 aromatic carbocycles. The van der Waals surface area contributed by atoms with Crippen molar-refractivity contribution in [1.29, 1.82) is 0 Å². The smallest absolute Gasteiger partial charge is 0.336 e. The minimum absolute atomic E-state index is 0. The Labute approximate surface area is 545 Å². The number of phenolic OH excluding ortho intramolecular Hbond substituents is 5. The average Bonchev–Trinajstić information content (AvgIpc) is 0.768. The quantitative estimate of drug-likeness (QED) is 0.0450. The Morgan fingerprint density at radius 1 is 0.363 bits per heavy atom. The molecule has 0 aliphatic heterocycles. The average molecular weight is 1270 g/mol. The number of benzene rings is 5. The van der Waals surface area contributed by atoms with Crippen LogP contribution in [-0.4, -0.2) is 62.7 Å². The molecule has 0 saturated carbocycles. The zero-order chi connectivity index (χ0) is 68.6. The fraction of sp³-hybridized carbons (Fsp3) is 0.533. The van der Waals surface area contributed by atoms with E-state index in [9.17, 15) is 49.5 Å². The first-order chi connectivity index (χ1) is 41.1. The van der Waals surface area contributed by atoms with Crippen molar-refractivity contribution >= 4 is 23.7 Å². The van der Waals surface area contributed by atoms with E-state index >= 15 is 0 Å². The van der Waals surface area contributed by atoms with Crippen molar-refractivity contribution < 1.29 is 44.6 Å². The van der Waals surface area contributed by atoms with Gasteiger partial charge in [-0.1, -0.05) is 142 Å². The van der Waals surface area contributed by atoms with Crippen LogP contribution in [0.4, 0.5) is 0 Å². The molecular formula is C75H107N3O12S. The molecule has 0 aliphatic carbocycles. The summed E-state index contributed by atoms with van der Waals surface area (Å²) in [6, 6.07) is 9.58. The third-order valence-corrected chi connectivity index (χ3v) is 18.5. The van der Waals surface area contributed by atoms with E-state index in [0.717, 1.165) is 91.6 Å². The summed E-state index contributed by atoms with van der Waals surface area (Å²) < 4.78 is 14.1. The molecule has 5 N–H and O–H groups in total. The molecular weight excluding hydrogens is 1170 g/mol. The number of aryl methyl sites for hydroxylation is 5. The number of carbonyl (C=O) groups is 2. The predicted molar refractivity (Wildman–Crippen MR) is 371 cm³/mol. The number of hydrogen-bond donors (Lipinski definition) is 5. The topological polar surface area (TPSA) is 220 Å². The Morgan fingerprint density at radius 3 is 0.747 bits per heavy atom. The number of hydrogen-bond acceptors (Lipinski definition) is 13. The first kappa shape index (κ1) is 76.3. The van der Waals surface area contributed by atoms with Gasteiger partial charge in [0.15, 0.2) is 0 Å². The molecule has 0 bridgehead atoms. The molecule has 1 aromatic heterocycles.